The van der Waals surface area contributed by atoms with Crippen LogP contribution < -0.4 is 4.74 Å². The summed E-state index contributed by atoms with van der Waals surface area (Å²) in [7, 11) is 1.44. The first-order valence-electron chi connectivity index (χ1n) is 4.39. The zero-order chi connectivity index (χ0) is 12.1. The van der Waals surface area contributed by atoms with Crippen LogP contribution >= 0.6 is 0 Å². The number of hydrogen-bond donors (Lipinski definition) is 0. The fraction of sp³-hybridized carbons (Fsp3) is 0.444. The van der Waals surface area contributed by atoms with Gasteiger partial charge in [0.2, 0.25) is 11.6 Å². The van der Waals surface area contributed by atoms with E-state index in [1.54, 1.807) is 0 Å². The van der Waals surface area contributed by atoms with E-state index in [2.05, 4.69) is 14.5 Å². The first kappa shape index (κ1) is 12.7. The molecular weight excluding hydrogens is 230 g/mol. The maximum absolute atomic E-state index is 13.0. The van der Waals surface area contributed by atoms with E-state index in [-0.39, 0.29) is 6.61 Å². The van der Waals surface area contributed by atoms with Gasteiger partial charge in [-0.1, -0.05) is 0 Å². The zero-order valence-corrected chi connectivity index (χ0v) is 8.40. The van der Waals surface area contributed by atoms with E-state index in [1.165, 1.54) is 7.11 Å². The van der Waals surface area contributed by atoms with Gasteiger partial charge < -0.3 is 9.47 Å². The summed E-state index contributed by atoms with van der Waals surface area (Å²) >= 11 is 0. The van der Waals surface area contributed by atoms with Crippen molar-refractivity contribution in [2.75, 3.05) is 20.3 Å². The summed E-state index contributed by atoms with van der Waals surface area (Å²) in [5.41, 5.74) is 0. The normalized spacial score (nSPS) is 10.6. The Morgan fingerprint density at radius 2 is 1.56 bits per heavy atom. The number of pyridine rings is 1. The number of nitrogens with zero attached hydrogens (tertiary/aromatic N) is 1. The fourth-order valence-corrected chi connectivity index (χ4v) is 0.972. The Kier molecular flexibility index (Phi) is 4.48. The van der Waals surface area contributed by atoms with Crippen LogP contribution in [-0.2, 0) is 4.74 Å². The second kappa shape index (κ2) is 5.64. The van der Waals surface area contributed by atoms with Crippen molar-refractivity contribution in [3.8, 4) is 5.75 Å². The molecule has 0 spiro atoms. The third-order valence-corrected chi connectivity index (χ3v) is 1.70. The number of rotatable bonds is 5. The molecule has 1 heterocycles. The van der Waals surface area contributed by atoms with Crippen molar-refractivity contribution in [1.29, 1.82) is 0 Å². The second-order valence-corrected chi connectivity index (χ2v) is 2.85. The van der Waals surface area contributed by atoms with Crippen LogP contribution in [0.25, 0.3) is 0 Å². The van der Waals surface area contributed by atoms with Gasteiger partial charge in [-0.2, -0.15) is 22.5 Å². The lowest BCUT2D eigenvalue weighted by Crippen LogP contribution is -2.08. The number of ether oxygens (including phenoxy) is 2. The molecule has 0 aliphatic heterocycles. The lowest BCUT2D eigenvalue weighted by Gasteiger charge is -2.08. The van der Waals surface area contributed by atoms with Gasteiger partial charge in [-0.3, -0.25) is 0 Å². The molecule has 0 N–H and O–H groups in total. The molecule has 1 aromatic heterocycles. The molecule has 0 saturated carbocycles. The molecule has 0 amide bonds. The van der Waals surface area contributed by atoms with Gasteiger partial charge in [-0.25, -0.2) is 0 Å². The molecule has 0 saturated heterocycles. The molecule has 7 heteroatoms. The first-order chi connectivity index (χ1) is 7.57. The van der Waals surface area contributed by atoms with Crippen molar-refractivity contribution in [3.63, 3.8) is 0 Å². The molecule has 90 valence electrons. The van der Waals surface area contributed by atoms with Gasteiger partial charge >= 0.3 is 0 Å². The lowest BCUT2D eigenvalue weighted by molar-refractivity contribution is 0.166. The molecule has 0 aromatic carbocycles. The second-order valence-electron chi connectivity index (χ2n) is 2.85. The zero-order valence-electron chi connectivity index (χ0n) is 8.40. The fourth-order valence-electron chi connectivity index (χ4n) is 0.972. The third kappa shape index (κ3) is 2.82. The summed E-state index contributed by atoms with van der Waals surface area (Å²) in [5.74, 6) is -7.85. The molecule has 0 atom stereocenters. The van der Waals surface area contributed by atoms with E-state index >= 15 is 0 Å². The lowest BCUT2D eigenvalue weighted by atomic mass is 10.4. The Hall–Kier alpha value is -1.37. The average molecular weight is 239 g/mol. The van der Waals surface area contributed by atoms with E-state index in [4.69, 9.17) is 0 Å². The molecule has 0 fully saturated rings. The quantitative estimate of drug-likeness (QED) is 0.447. The molecule has 0 aliphatic carbocycles. The molecule has 3 nitrogen and oxygen atoms in total. The maximum atomic E-state index is 13.0. The van der Waals surface area contributed by atoms with Crippen molar-refractivity contribution in [3.05, 3.63) is 23.5 Å². The van der Waals surface area contributed by atoms with Crippen molar-refractivity contribution >= 4 is 0 Å². The Labute approximate surface area is 89.0 Å². The van der Waals surface area contributed by atoms with E-state index in [0.717, 1.165) is 0 Å². The monoisotopic (exact) mass is 239 g/mol. The van der Waals surface area contributed by atoms with Crippen molar-refractivity contribution < 1.29 is 27.0 Å². The summed E-state index contributed by atoms with van der Waals surface area (Å²) in [5, 5.41) is 0. The Morgan fingerprint density at radius 3 is 2.06 bits per heavy atom. The maximum Gasteiger partial charge on any atom is 0.255 e. The van der Waals surface area contributed by atoms with Crippen LogP contribution in [0.4, 0.5) is 17.6 Å². The van der Waals surface area contributed by atoms with E-state index in [0.29, 0.717) is 13.0 Å². The summed E-state index contributed by atoms with van der Waals surface area (Å²) in [6.07, 6.45) is 0.334. The number of aromatic nitrogens is 1. The van der Waals surface area contributed by atoms with Crippen LogP contribution in [0.2, 0.25) is 0 Å². The van der Waals surface area contributed by atoms with Gasteiger partial charge in [0.25, 0.3) is 11.9 Å². The summed E-state index contributed by atoms with van der Waals surface area (Å²) in [6.45, 7) is 0.184. The minimum atomic E-state index is -1.74. The molecule has 0 bridgehead atoms. The highest BCUT2D eigenvalue weighted by Gasteiger charge is 2.21. The highest BCUT2D eigenvalue weighted by atomic mass is 19.2. The average Bonchev–Trinajstić information content (AvgIpc) is 2.25. The summed E-state index contributed by atoms with van der Waals surface area (Å²) < 4.78 is 60.3. The van der Waals surface area contributed by atoms with Crippen LogP contribution in [-0.4, -0.2) is 25.3 Å². The molecule has 0 radical (unpaired) electrons. The Bertz CT molecular complexity index is 347. The Morgan fingerprint density at radius 1 is 1.00 bits per heavy atom. The van der Waals surface area contributed by atoms with Crippen LogP contribution in [0.1, 0.15) is 6.42 Å². The van der Waals surface area contributed by atoms with Crippen molar-refractivity contribution in [1.82, 2.24) is 4.98 Å². The summed E-state index contributed by atoms with van der Waals surface area (Å²) in [6, 6.07) is 0. The van der Waals surface area contributed by atoms with Gasteiger partial charge in [0, 0.05) is 20.1 Å². The molecule has 1 rings (SSSR count). The number of methoxy groups -OCH3 is 1. The smallest absolute Gasteiger partial charge is 0.255 e. The highest BCUT2D eigenvalue weighted by molar-refractivity contribution is 5.24. The number of hydrogen-bond acceptors (Lipinski definition) is 3. The van der Waals surface area contributed by atoms with Gasteiger partial charge in [-0.05, 0) is 0 Å². The van der Waals surface area contributed by atoms with Crippen LogP contribution in [0.15, 0.2) is 0 Å². The van der Waals surface area contributed by atoms with Gasteiger partial charge in [-0.15, -0.1) is 0 Å². The predicted octanol–water partition coefficient (Wildman–Crippen LogP) is 2.05. The van der Waals surface area contributed by atoms with E-state index < -0.39 is 29.3 Å². The molecule has 16 heavy (non-hydrogen) atoms. The highest BCUT2D eigenvalue weighted by Crippen LogP contribution is 2.24. The molecular formula is C9H9F4NO2. The van der Waals surface area contributed by atoms with Gasteiger partial charge in [0.1, 0.15) is 0 Å². The molecule has 0 aliphatic rings. The third-order valence-electron chi connectivity index (χ3n) is 1.70. The standard InChI is InChI=1S/C9H9F4NO2/c1-15-3-2-4-16-7-5(10)8(12)14-9(13)6(7)11/h2-4H2,1H3. The van der Waals surface area contributed by atoms with E-state index in [9.17, 15) is 17.6 Å². The van der Waals surface area contributed by atoms with E-state index in [1.807, 2.05) is 0 Å². The van der Waals surface area contributed by atoms with Crippen molar-refractivity contribution in [2.45, 2.75) is 6.42 Å². The van der Waals surface area contributed by atoms with Crippen LogP contribution in [0.3, 0.4) is 0 Å². The SMILES string of the molecule is COCCCOc1c(F)c(F)nc(F)c1F. The first-order valence-corrected chi connectivity index (χ1v) is 4.39. The van der Waals surface area contributed by atoms with Crippen LogP contribution in [0.5, 0.6) is 5.75 Å². The van der Waals surface area contributed by atoms with Gasteiger partial charge in [0.05, 0.1) is 6.61 Å². The molecule has 1 aromatic rings. The largest absolute Gasteiger partial charge is 0.487 e. The van der Waals surface area contributed by atoms with Crippen molar-refractivity contribution in [2.24, 2.45) is 0 Å². The van der Waals surface area contributed by atoms with Crippen LogP contribution in [0, 0.1) is 23.5 Å². The molecule has 0 unspecified atom stereocenters. The predicted molar refractivity (Wildman–Crippen MR) is 46.1 cm³/mol. The summed E-state index contributed by atoms with van der Waals surface area (Å²) in [4.78, 5) is 2.39. The van der Waals surface area contributed by atoms with Gasteiger partial charge in [0.15, 0.2) is 5.75 Å². The minimum absolute atomic E-state index is 0.120. The Balaban J connectivity index is 2.78. The number of halogens is 4. The minimum Gasteiger partial charge on any atom is -0.487 e. The topological polar surface area (TPSA) is 31.4 Å².